The Balaban J connectivity index is 2.50. The van der Waals surface area contributed by atoms with Gasteiger partial charge in [-0.2, -0.15) is 0 Å². The first-order valence-corrected chi connectivity index (χ1v) is 6.45. The Morgan fingerprint density at radius 3 is 2.63 bits per heavy atom. The largest absolute Gasteiger partial charge is 0.469 e. The monoisotopic (exact) mass is 265 g/mol. The highest BCUT2D eigenvalue weighted by Crippen LogP contribution is 2.03. The van der Waals surface area contributed by atoms with Crippen LogP contribution in [-0.4, -0.2) is 61.6 Å². The zero-order chi connectivity index (χ0) is 14.1. The normalized spacial score (nSPS) is 11.0. The summed E-state index contributed by atoms with van der Waals surface area (Å²) in [5, 5.41) is 0. The van der Waals surface area contributed by atoms with Crippen LogP contribution < -0.4 is 0 Å². The maximum atomic E-state index is 11.2. The summed E-state index contributed by atoms with van der Waals surface area (Å²) in [5.41, 5.74) is 1.02. The number of likely N-dealkylation sites (N-methyl/N-ethyl adjacent to an activating group) is 1. The third kappa shape index (κ3) is 6.88. The number of carbonyl (C=O) groups excluding carboxylic acids is 1. The van der Waals surface area contributed by atoms with Gasteiger partial charge >= 0.3 is 5.97 Å². The summed E-state index contributed by atoms with van der Waals surface area (Å²) in [6.45, 7) is 3.30. The van der Waals surface area contributed by atoms with E-state index in [-0.39, 0.29) is 5.97 Å². The molecule has 0 bridgehead atoms. The van der Waals surface area contributed by atoms with Gasteiger partial charge in [-0.25, -0.2) is 0 Å². The summed E-state index contributed by atoms with van der Waals surface area (Å²) in [6.07, 6.45) is 2.20. The second kappa shape index (κ2) is 8.61. The van der Waals surface area contributed by atoms with Crippen molar-refractivity contribution in [3.63, 3.8) is 0 Å². The predicted octanol–water partition coefficient (Wildman–Crippen LogP) is 1.01. The molecular weight excluding hydrogens is 242 g/mol. The standard InChI is InChI=1S/C14H23N3O2/c1-16(2)10-11-17(9-7-14(18)19-3)12-13-6-4-5-8-15-13/h4-6,8H,7,9-12H2,1-3H3. The number of aromatic nitrogens is 1. The minimum Gasteiger partial charge on any atom is -0.469 e. The summed E-state index contributed by atoms with van der Waals surface area (Å²) < 4.78 is 4.68. The average Bonchev–Trinajstić information content (AvgIpc) is 2.42. The van der Waals surface area contributed by atoms with Gasteiger partial charge in [0.1, 0.15) is 0 Å². The molecular formula is C14H23N3O2. The lowest BCUT2D eigenvalue weighted by Crippen LogP contribution is -2.33. The quantitative estimate of drug-likeness (QED) is 0.656. The number of carbonyl (C=O) groups is 1. The van der Waals surface area contributed by atoms with Gasteiger partial charge in [-0.05, 0) is 26.2 Å². The molecule has 0 aliphatic heterocycles. The molecule has 5 heteroatoms. The lowest BCUT2D eigenvalue weighted by atomic mass is 10.3. The molecule has 0 saturated heterocycles. The Morgan fingerprint density at radius 1 is 1.26 bits per heavy atom. The molecule has 0 spiro atoms. The Morgan fingerprint density at radius 2 is 2.05 bits per heavy atom. The molecule has 0 aliphatic carbocycles. The first-order chi connectivity index (χ1) is 9.11. The number of hydrogen-bond acceptors (Lipinski definition) is 5. The molecule has 5 nitrogen and oxygen atoms in total. The second-order valence-electron chi connectivity index (χ2n) is 4.73. The predicted molar refractivity (Wildman–Crippen MR) is 74.7 cm³/mol. The van der Waals surface area contributed by atoms with Crippen LogP contribution >= 0.6 is 0 Å². The van der Waals surface area contributed by atoms with Crippen LogP contribution in [0.2, 0.25) is 0 Å². The molecule has 1 rings (SSSR count). The fourth-order valence-corrected chi connectivity index (χ4v) is 1.68. The first-order valence-electron chi connectivity index (χ1n) is 6.45. The van der Waals surface area contributed by atoms with Crippen LogP contribution in [0.5, 0.6) is 0 Å². The maximum absolute atomic E-state index is 11.2. The van der Waals surface area contributed by atoms with Gasteiger partial charge in [0.2, 0.25) is 0 Å². The number of nitrogens with zero attached hydrogens (tertiary/aromatic N) is 3. The number of methoxy groups -OCH3 is 1. The average molecular weight is 265 g/mol. The van der Waals surface area contributed by atoms with Gasteiger partial charge in [0.05, 0.1) is 19.2 Å². The van der Waals surface area contributed by atoms with Crippen molar-refractivity contribution in [2.45, 2.75) is 13.0 Å². The third-order valence-corrected chi connectivity index (χ3v) is 2.84. The van der Waals surface area contributed by atoms with Gasteiger partial charge in [0, 0.05) is 32.4 Å². The van der Waals surface area contributed by atoms with E-state index in [4.69, 9.17) is 0 Å². The zero-order valence-electron chi connectivity index (χ0n) is 12.0. The van der Waals surface area contributed by atoms with E-state index in [1.54, 1.807) is 6.20 Å². The number of rotatable bonds is 8. The van der Waals surface area contributed by atoms with Gasteiger partial charge in [-0.1, -0.05) is 6.07 Å². The topological polar surface area (TPSA) is 45.7 Å². The molecule has 1 heterocycles. The van der Waals surface area contributed by atoms with Crippen LogP contribution in [0.1, 0.15) is 12.1 Å². The molecule has 0 amide bonds. The Hall–Kier alpha value is -1.46. The van der Waals surface area contributed by atoms with Gasteiger partial charge in [-0.15, -0.1) is 0 Å². The van der Waals surface area contributed by atoms with Crippen molar-refractivity contribution in [3.8, 4) is 0 Å². The van der Waals surface area contributed by atoms with Gasteiger partial charge < -0.3 is 9.64 Å². The number of ether oxygens (including phenoxy) is 1. The Labute approximate surface area is 115 Å². The van der Waals surface area contributed by atoms with Gasteiger partial charge in [0.25, 0.3) is 0 Å². The number of esters is 1. The van der Waals surface area contributed by atoms with Crippen LogP contribution in [0, 0.1) is 0 Å². The zero-order valence-corrected chi connectivity index (χ0v) is 12.0. The summed E-state index contributed by atoms with van der Waals surface area (Å²) in [4.78, 5) is 19.9. The van der Waals surface area contributed by atoms with Gasteiger partial charge in [-0.3, -0.25) is 14.7 Å². The van der Waals surface area contributed by atoms with Gasteiger partial charge in [0.15, 0.2) is 0 Å². The van der Waals surface area contributed by atoms with Crippen LogP contribution in [0.3, 0.4) is 0 Å². The summed E-state index contributed by atoms with van der Waals surface area (Å²) in [5.74, 6) is -0.170. The Bertz CT molecular complexity index is 368. The van der Waals surface area contributed by atoms with Crippen molar-refractivity contribution < 1.29 is 9.53 Å². The molecule has 106 valence electrons. The smallest absolute Gasteiger partial charge is 0.306 e. The fraction of sp³-hybridized carbons (Fsp3) is 0.571. The van der Waals surface area contributed by atoms with E-state index < -0.39 is 0 Å². The summed E-state index contributed by atoms with van der Waals surface area (Å²) in [6, 6.07) is 5.88. The lowest BCUT2D eigenvalue weighted by molar-refractivity contribution is -0.141. The molecule has 0 atom stereocenters. The molecule has 0 fully saturated rings. The van der Waals surface area contributed by atoms with E-state index in [1.807, 2.05) is 32.3 Å². The SMILES string of the molecule is COC(=O)CCN(CCN(C)C)Cc1ccccn1. The second-order valence-corrected chi connectivity index (χ2v) is 4.73. The molecule has 19 heavy (non-hydrogen) atoms. The molecule has 0 N–H and O–H groups in total. The van der Waals surface area contributed by atoms with Crippen LogP contribution in [0.15, 0.2) is 24.4 Å². The van der Waals surface area contributed by atoms with Crippen LogP contribution in [-0.2, 0) is 16.1 Å². The molecule has 0 radical (unpaired) electrons. The molecule has 0 saturated carbocycles. The molecule has 0 aromatic carbocycles. The van der Waals surface area contributed by atoms with E-state index in [1.165, 1.54) is 7.11 Å². The van der Waals surface area contributed by atoms with E-state index in [0.29, 0.717) is 13.0 Å². The molecule has 0 aliphatic rings. The van der Waals surface area contributed by atoms with Crippen molar-refractivity contribution in [1.29, 1.82) is 0 Å². The highest BCUT2D eigenvalue weighted by Gasteiger charge is 2.10. The highest BCUT2D eigenvalue weighted by molar-refractivity contribution is 5.69. The van der Waals surface area contributed by atoms with Crippen LogP contribution in [0.25, 0.3) is 0 Å². The van der Waals surface area contributed by atoms with Crippen molar-refractivity contribution in [2.75, 3.05) is 40.8 Å². The van der Waals surface area contributed by atoms with E-state index in [0.717, 1.165) is 25.3 Å². The van der Waals surface area contributed by atoms with Crippen molar-refractivity contribution in [3.05, 3.63) is 30.1 Å². The minimum absolute atomic E-state index is 0.170. The summed E-state index contributed by atoms with van der Waals surface area (Å²) in [7, 11) is 5.50. The van der Waals surface area contributed by atoms with E-state index in [9.17, 15) is 4.79 Å². The Kier molecular flexibility index (Phi) is 7.07. The van der Waals surface area contributed by atoms with Crippen molar-refractivity contribution in [2.24, 2.45) is 0 Å². The van der Waals surface area contributed by atoms with E-state index in [2.05, 4.69) is 19.5 Å². The molecule has 1 aromatic heterocycles. The summed E-state index contributed by atoms with van der Waals surface area (Å²) >= 11 is 0. The number of hydrogen-bond donors (Lipinski definition) is 0. The number of pyridine rings is 1. The third-order valence-electron chi connectivity index (χ3n) is 2.84. The van der Waals surface area contributed by atoms with Crippen molar-refractivity contribution in [1.82, 2.24) is 14.8 Å². The minimum atomic E-state index is -0.170. The van der Waals surface area contributed by atoms with E-state index >= 15 is 0 Å². The highest BCUT2D eigenvalue weighted by atomic mass is 16.5. The lowest BCUT2D eigenvalue weighted by Gasteiger charge is -2.23. The molecule has 0 unspecified atom stereocenters. The van der Waals surface area contributed by atoms with Crippen molar-refractivity contribution >= 4 is 5.97 Å². The molecule has 1 aromatic rings. The maximum Gasteiger partial charge on any atom is 0.306 e. The fourth-order valence-electron chi connectivity index (χ4n) is 1.68. The first kappa shape index (κ1) is 15.6. The van der Waals surface area contributed by atoms with Crippen LogP contribution in [0.4, 0.5) is 0 Å².